The molecule has 0 aliphatic carbocycles. The topological polar surface area (TPSA) is 95.0 Å². The Kier molecular flexibility index (Phi) is 5.16. The van der Waals surface area contributed by atoms with Gasteiger partial charge in [-0.3, -0.25) is 14.0 Å². The average molecular weight is 420 g/mol. The van der Waals surface area contributed by atoms with Gasteiger partial charge in [0.05, 0.1) is 12.0 Å². The lowest BCUT2D eigenvalue weighted by Crippen LogP contribution is -2.31. The van der Waals surface area contributed by atoms with Crippen molar-refractivity contribution in [1.82, 2.24) is 14.0 Å². The lowest BCUT2D eigenvalue weighted by Gasteiger charge is -2.11. The van der Waals surface area contributed by atoms with Crippen LogP contribution in [0.15, 0.2) is 64.5 Å². The summed E-state index contributed by atoms with van der Waals surface area (Å²) in [6.07, 6.45) is 1.57. The highest BCUT2D eigenvalue weighted by Crippen LogP contribution is 2.11. The Hall–Kier alpha value is -4.14. The SMILES string of the molecule is CCOC(=O)c1cc2c(=O)n3ccccc3nc2n(C)c1=NC(=O)c1cccc(F)c1. The van der Waals surface area contributed by atoms with Crippen LogP contribution in [0.25, 0.3) is 16.7 Å². The number of esters is 1. The molecule has 3 aromatic heterocycles. The van der Waals surface area contributed by atoms with Crippen LogP contribution in [0, 0.1) is 5.82 Å². The minimum Gasteiger partial charge on any atom is -0.462 e. The van der Waals surface area contributed by atoms with Crippen molar-refractivity contribution in [1.29, 1.82) is 0 Å². The second kappa shape index (κ2) is 7.94. The normalized spacial score (nSPS) is 11.8. The Balaban J connectivity index is 2.07. The first-order valence-electron chi connectivity index (χ1n) is 9.43. The van der Waals surface area contributed by atoms with Crippen LogP contribution in [-0.2, 0) is 11.8 Å². The van der Waals surface area contributed by atoms with Crippen LogP contribution in [-0.4, -0.2) is 32.4 Å². The third-order valence-electron chi connectivity index (χ3n) is 4.69. The quantitative estimate of drug-likeness (QED) is 0.374. The number of aromatic nitrogens is 3. The fraction of sp³-hybridized carbons (Fsp3) is 0.136. The number of rotatable bonds is 3. The third-order valence-corrected chi connectivity index (χ3v) is 4.69. The van der Waals surface area contributed by atoms with Crippen molar-refractivity contribution >= 4 is 28.6 Å². The summed E-state index contributed by atoms with van der Waals surface area (Å²) in [4.78, 5) is 46.8. The Morgan fingerprint density at radius 3 is 2.71 bits per heavy atom. The molecule has 8 nitrogen and oxygen atoms in total. The van der Waals surface area contributed by atoms with E-state index in [0.29, 0.717) is 5.65 Å². The van der Waals surface area contributed by atoms with Gasteiger partial charge in [-0.15, -0.1) is 0 Å². The molecule has 0 bridgehead atoms. The largest absolute Gasteiger partial charge is 0.462 e. The highest BCUT2D eigenvalue weighted by atomic mass is 19.1. The number of benzene rings is 1. The number of aryl methyl sites for hydroxylation is 1. The number of hydrogen-bond donors (Lipinski definition) is 0. The molecule has 1 aromatic carbocycles. The first-order chi connectivity index (χ1) is 14.9. The number of halogens is 1. The first kappa shape index (κ1) is 20.1. The fourth-order valence-electron chi connectivity index (χ4n) is 3.24. The van der Waals surface area contributed by atoms with Crippen molar-refractivity contribution in [2.75, 3.05) is 6.61 Å². The van der Waals surface area contributed by atoms with E-state index >= 15 is 0 Å². The lowest BCUT2D eigenvalue weighted by molar-refractivity contribution is 0.0523. The van der Waals surface area contributed by atoms with E-state index in [2.05, 4.69) is 9.98 Å². The molecule has 0 aliphatic heterocycles. The number of carbonyl (C=O) groups is 2. The highest BCUT2D eigenvalue weighted by molar-refractivity contribution is 5.97. The Morgan fingerprint density at radius 2 is 1.97 bits per heavy atom. The summed E-state index contributed by atoms with van der Waals surface area (Å²) in [5.41, 5.74) is 0.131. The molecular formula is C22H17FN4O4. The smallest absolute Gasteiger partial charge is 0.341 e. The van der Waals surface area contributed by atoms with Gasteiger partial charge >= 0.3 is 5.97 Å². The molecule has 31 heavy (non-hydrogen) atoms. The van der Waals surface area contributed by atoms with Crippen molar-refractivity contribution in [3.63, 3.8) is 0 Å². The second-order valence-corrected chi connectivity index (χ2v) is 6.67. The molecule has 1 amide bonds. The Labute approximate surface area is 174 Å². The second-order valence-electron chi connectivity index (χ2n) is 6.67. The molecule has 0 atom stereocenters. The molecule has 3 heterocycles. The summed E-state index contributed by atoms with van der Waals surface area (Å²) in [6.45, 7) is 1.73. The molecule has 9 heteroatoms. The van der Waals surface area contributed by atoms with E-state index < -0.39 is 17.7 Å². The maximum atomic E-state index is 13.5. The first-order valence-corrected chi connectivity index (χ1v) is 9.43. The number of carbonyl (C=O) groups excluding carboxylic acids is 2. The van der Waals surface area contributed by atoms with Crippen molar-refractivity contribution in [2.24, 2.45) is 12.0 Å². The molecule has 0 N–H and O–H groups in total. The van der Waals surface area contributed by atoms with Crippen molar-refractivity contribution in [3.05, 3.63) is 87.5 Å². The molecule has 0 fully saturated rings. The molecule has 4 rings (SSSR count). The summed E-state index contributed by atoms with van der Waals surface area (Å²) < 4.78 is 21.4. The zero-order valence-corrected chi connectivity index (χ0v) is 16.7. The molecule has 0 saturated carbocycles. The van der Waals surface area contributed by atoms with Crippen LogP contribution >= 0.6 is 0 Å². The summed E-state index contributed by atoms with van der Waals surface area (Å²) in [7, 11) is 1.54. The van der Waals surface area contributed by atoms with E-state index in [9.17, 15) is 18.8 Å². The maximum absolute atomic E-state index is 13.5. The number of ether oxygens (including phenoxy) is 1. The van der Waals surface area contributed by atoms with Crippen molar-refractivity contribution in [2.45, 2.75) is 6.92 Å². The van der Waals surface area contributed by atoms with E-state index in [-0.39, 0.29) is 39.8 Å². The highest BCUT2D eigenvalue weighted by Gasteiger charge is 2.19. The van der Waals surface area contributed by atoms with Gasteiger partial charge in [0.25, 0.3) is 11.5 Å². The Morgan fingerprint density at radius 1 is 1.16 bits per heavy atom. The van der Waals surface area contributed by atoms with Crippen LogP contribution in [0.5, 0.6) is 0 Å². The molecule has 156 valence electrons. The maximum Gasteiger partial charge on any atom is 0.341 e. The van der Waals surface area contributed by atoms with Gasteiger partial charge < -0.3 is 9.30 Å². The molecule has 0 radical (unpaired) electrons. The number of fused-ring (bicyclic) bond motifs is 2. The molecule has 0 unspecified atom stereocenters. The minimum absolute atomic E-state index is 0.0152. The van der Waals surface area contributed by atoms with E-state index in [1.165, 1.54) is 40.3 Å². The van der Waals surface area contributed by atoms with Crippen LogP contribution in [0.4, 0.5) is 4.39 Å². The van der Waals surface area contributed by atoms with Crippen molar-refractivity contribution in [3.8, 4) is 0 Å². The number of nitrogens with zero attached hydrogens (tertiary/aromatic N) is 4. The molecule has 4 aromatic rings. The standard InChI is InChI=1S/C22H17FN4O4/c1-3-31-22(30)16-12-15-18(24-17-9-4-5-10-27(17)21(15)29)26(2)19(16)25-20(28)13-7-6-8-14(23)11-13/h4-12H,3H2,1-2H3. The number of amides is 1. The molecule has 0 spiro atoms. The van der Waals surface area contributed by atoms with Gasteiger partial charge in [0.1, 0.15) is 22.7 Å². The Bertz CT molecular complexity index is 1490. The van der Waals surface area contributed by atoms with Crippen LogP contribution in [0.3, 0.4) is 0 Å². The van der Waals surface area contributed by atoms with Gasteiger partial charge in [0.15, 0.2) is 5.49 Å². The third kappa shape index (κ3) is 3.61. The van der Waals surface area contributed by atoms with Crippen LogP contribution < -0.4 is 11.0 Å². The van der Waals surface area contributed by atoms with Crippen LogP contribution in [0.1, 0.15) is 27.6 Å². The molecule has 0 saturated heterocycles. The summed E-state index contributed by atoms with van der Waals surface area (Å²) in [6, 6.07) is 11.5. The van der Waals surface area contributed by atoms with E-state index in [0.717, 1.165) is 6.07 Å². The zero-order chi connectivity index (χ0) is 22.1. The van der Waals surface area contributed by atoms with Gasteiger partial charge in [-0.1, -0.05) is 12.1 Å². The summed E-state index contributed by atoms with van der Waals surface area (Å²) in [5.74, 6) is -2.09. The van der Waals surface area contributed by atoms with E-state index in [1.54, 1.807) is 31.3 Å². The predicted octanol–water partition coefficient (Wildman–Crippen LogP) is 2.24. The predicted molar refractivity (Wildman–Crippen MR) is 110 cm³/mol. The number of pyridine rings is 2. The molecular weight excluding hydrogens is 403 g/mol. The minimum atomic E-state index is -0.752. The van der Waals surface area contributed by atoms with Gasteiger partial charge in [0, 0.05) is 18.8 Å². The van der Waals surface area contributed by atoms with Crippen LogP contribution in [0.2, 0.25) is 0 Å². The van der Waals surface area contributed by atoms with Crippen molar-refractivity contribution < 1.29 is 18.7 Å². The fourth-order valence-corrected chi connectivity index (χ4v) is 3.24. The van der Waals surface area contributed by atoms with Gasteiger partial charge in [-0.05, 0) is 43.3 Å². The van der Waals surface area contributed by atoms with E-state index in [4.69, 9.17) is 4.74 Å². The lowest BCUT2D eigenvalue weighted by atomic mass is 10.2. The number of hydrogen-bond acceptors (Lipinski definition) is 5. The van der Waals surface area contributed by atoms with Gasteiger partial charge in [0.2, 0.25) is 0 Å². The monoisotopic (exact) mass is 420 g/mol. The van der Waals surface area contributed by atoms with E-state index in [1.807, 2.05) is 0 Å². The van der Waals surface area contributed by atoms with Gasteiger partial charge in [-0.2, -0.15) is 4.99 Å². The molecule has 0 aliphatic rings. The summed E-state index contributed by atoms with van der Waals surface area (Å²) in [5, 5.41) is 0.159. The summed E-state index contributed by atoms with van der Waals surface area (Å²) >= 11 is 0. The van der Waals surface area contributed by atoms with Gasteiger partial charge in [-0.25, -0.2) is 14.2 Å². The average Bonchev–Trinajstić information content (AvgIpc) is 2.76. The zero-order valence-electron chi connectivity index (χ0n) is 16.7.